The van der Waals surface area contributed by atoms with E-state index in [1.807, 2.05) is 19.1 Å². The number of benzene rings is 2. The smallest absolute Gasteiger partial charge is 0.303 e. The number of hydrogen-bond donors (Lipinski definition) is 1. The number of nitrogens with one attached hydrogen (secondary N) is 1. The average Bonchev–Trinajstić information content (AvgIpc) is 2.53. The summed E-state index contributed by atoms with van der Waals surface area (Å²) in [5.74, 6) is -0.418. The lowest BCUT2D eigenvalue weighted by atomic mass is 10.1. The molecule has 0 saturated heterocycles. The van der Waals surface area contributed by atoms with Crippen LogP contribution in [0.4, 0.5) is 5.69 Å². The molecule has 0 unspecified atom stereocenters. The number of esters is 1. The number of amides is 1. The third-order valence-corrected chi connectivity index (χ3v) is 3.24. The highest BCUT2D eigenvalue weighted by atomic mass is 16.5. The van der Waals surface area contributed by atoms with Gasteiger partial charge in [-0.25, -0.2) is 0 Å². The van der Waals surface area contributed by atoms with Gasteiger partial charge in [0.25, 0.3) is 5.91 Å². The summed E-state index contributed by atoms with van der Waals surface area (Å²) in [6.07, 6.45) is -1.01. The van der Waals surface area contributed by atoms with Gasteiger partial charge in [-0.1, -0.05) is 36.4 Å². The summed E-state index contributed by atoms with van der Waals surface area (Å²) in [4.78, 5) is 23.9. The maximum Gasteiger partial charge on any atom is 0.303 e. The van der Waals surface area contributed by atoms with Crippen molar-refractivity contribution in [2.45, 2.75) is 20.0 Å². The maximum atomic E-state index is 12.6. The van der Waals surface area contributed by atoms with E-state index in [0.29, 0.717) is 17.0 Å². The van der Waals surface area contributed by atoms with Crippen LogP contribution in [0.1, 0.15) is 24.2 Å². The average molecular weight is 313 g/mol. The Balaban J connectivity index is 2.28. The molecule has 0 aromatic heterocycles. The first kappa shape index (κ1) is 16.5. The second kappa shape index (κ2) is 7.45. The van der Waals surface area contributed by atoms with Crippen molar-refractivity contribution in [2.24, 2.45) is 0 Å². The Bertz CT molecular complexity index is 697. The molecular weight excluding hydrogens is 294 g/mol. The standard InChI is InChI=1S/C18H19NO4/c1-12-9-10-16(22-3)15(11-12)19-18(21)17(23-13(2)20)14-7-5-4-6-8-14/h4-11,17H,1-3H3,(H,19,21)/t17-/m0/s1. The van der Waals surface area contributed by atoms with E-state index in [0.717, 1.165) is 5.56 Å². The van der Waals surface area contributed by atoms with Crippen LogP contribution in [0.3, 0.4) is 0 Å². The molecule has 2 aromatic rings. The zero-order chi connectivity index (χ0) is 16.8. The fourth-order valence-electron chi connectivity index (χ4n) is 2.18. The molecule has 0 radical (unpaired) electrons. The third kappa shape index (κ3) is 4.32. The summed E-state index contributed by atoms with van der Waals surface area (Å²) >= 11 is 0. The molecule has 5 heteroatoms. The van der Waals surface area contributed by atoms with Crippen LogP contribution in [0.25, 0.3) is 0 Å². The maximum absolute atomic E-state index is 12.6. The number of aryl methyl sites for hydroxylation is 1. The molecule has 1 N–H and O–H groups in total. The van der Waals surface area contributed by atoms with Crippen LogP contribution in [0.5, 0.6) is 5.75 Å². The largest absolute Gasteiger partial charge is 0.495 e. The number of anilines is 1. The third-order valence-electron chi connectivity index (χ3n) is 3.24. The quantitative estimate of drug-likeness (QED) is 0.861. The van der Waals surface area contributed by atoms with Gasteiger partial charge < -0.3 is 14.8 Å². The fraction of sp³-hybridized carbons (Fsp3) is 0.222. The topological polar surface area (TPSA) is 64.6 Å². The molecule has 0 aliphatic carbocycles. The van der Waals surface area contributed by atoms with Crippen LogP contribution in [0.2, 0.25) is 0 Å². The highest BCUT2D eigenvalue weighted by Crippen LogP contribution is 2.27. The fourth-order valence-corrected chi connectivity index (χ4v) is 2.18. The van der Waals surface area contributed by atoms with Gasteiger partial charge in [0.05, 0.1) is 12.8 Å². The second-order valence-electron chi connectivity index (χ2n) is 5.09. The molecule has 120 valence electrons. The molecule has 2 rings (SSSR count). The Hall–Kier alpha value is -2.82. The molecule has 0 bridgehead atoms. The summed E-state index contributed by atoms with van der Waals surface area (Å²) in [5.41, 5.74) is 2.11. The van der Waals surface area contributed by atoms with Crippen LogP contribution in [-0.2, 0) is 14.3 Å². The number of carbonyl (C=O) groups excluding carboxylic acids is 2. The van der Waals surface area contributed by atoms with Crippen molar-refractivity contribution in [3.8, 4) is 5.75 Å². The molecule has 5 nitrogen and oxygen atoms in total. The molecule has 0 aliphatic heterocycles. The van der Waals surface area contributed by atoms with Gasteiger partial charge in [-0.05, 0) is 24.6 Å². The monoisotopic (exact) mass is 313 g/mol. The predicted octanol–water partition coefficient (Wildman–Crippen LogP) is 3.25. The van der Waals surface area contributed by atoms with Crippen LogP contribution >= 0.6 is 0 Å². The van der Waals surface area contributed by atoms with Gasteiger partial charge in [0.15, 0.2) is 0 Å². The molecule has 1 atom stereocenters. The molecule has 0 aliphatic rings. The lowest BCUT2D eigenvalue weighted by Gasteiger charge is -2.18. The van der Waals surface area contributed by atoms with Crippen molar-refractivity contribution in [1.29, 1.82) is 0 Å². The second-order valence-corrected chi connectivity index (χ2v) is 5.09. The SMILES string of the molecule is COc1ccc(C)cc1NC(=O)[C@@H](OC(C)=O)c1ccccc1. The van der Waals surface area contributed by atoms with Crippen LogP contribution in [-0.4, -0.2) is 19.0 Å². The lowest BCUT2D eigenvalue weighted by molar-refractivity contribution is -0.152. The Kier molecular flexibility index (Phi) is 5.36. The van der Waals surface area contributed by atoms with E-state index < -0.39 is 18.0 Å². The summed E-state index contributed by atoms with van der Waals surface area (Å²) < 4.78 is 10.4. The molecule has 0 spiro atoms. The minimum Gasteiger partial charge on any atom is -0.495 e. The van der Waals surface area contributed by atoms with Gasteiger partial charge in [0.2, 0.25) is 6.10 Å². The zero-order valence-electron chi connectivity index (χ0n) is 13.3. The van der Waals surface area contributed by atoms with Crippen molar-refractivity contribution >= 4 is 17.6 Å². The van der Waals surface area contributed by atoms with Crippen LogP contribution in [0.15, 0.2) is 48.5 Å². The number of ether oxygens (including phenoxy) is 2. The van der Waals surface area contributed by atoms with Crippen LogP contribution < -0.4 is 10.1 Å². The van der Waals surface area contributed by atoms with E-state index in [-0.39, 0.29) is 0 Å². The van der Waals surface area contributed by atoms with Gasteiger partial charge in [0, 0.05) is 12.5 Å². The lowest BCUT2D eigenvalue weighted by Crippen LogP contribution is -2.25. The van der Waals surface area contributed by atoms with E-state index in [1.165, 1.54) is 14.0 Å². The molecule has 0 heterocycles. The van der Waals surface area contributed by atoms with Crippen molar-refractivity contribution in [1.82, 2.24) is 0 Å². The van der Waals surface area contributed by atoms with Gasteiger partial charge >= 0.3 is 5.97 Å². The first-order valence-electron chi connectivity index (χ1n) is 7.19. The number of carbonyl (C=O) groups is 2. The predicted molar refractivity (Wildman–Crippen MR) is 87.3 cm³/mol. The number of hydrogen-bond acceptors (Lipinski definition) is 4. The van der Waals surface area contributed by atoms with Crippen molar-refractivity contribution in [3.05, 3.63) is 59.7 Å². The normalized spacial score (nSPS) is 11.4. The molecule has 1 amide bonds. The minimum atomic E-state index is -1.01. The van der Waals surface area contributed by atoms with E-state index in [9.17, 15) is 9.59 Å². The Labute approximate surface area is 135 Å². The van der Waals surface area contributed by atoms with Crippen molar-refractivity contribution in [2.75, 3.05) is 12.4 Å². The minimum absolute atomic E-state index is 0.435. The molecular formula is C18H19NO4. The van der Waals surface area contributed by atoms with E-state index in [1.54, 1.807) is 36.4 Å². The van der Waals surface area contributed by atoms with E-state index >= 15 is 0 Å². The van der Waals surface area contributed by atoms with E-state index in [2.05, 4.69) is 5.32 Å². The highest BCUT2D eigenvalue weighted by Gasteiger charge is 2.24. The van der Waals surface area contributed by atoms with E-state index in [4.69, 9.17) is 9.47 Å². The van der Waals surface area contributed by atoms with Gasteiger partial charge in [-0.15, -0.1) is 0 Å². The van der Waals surface area contributed by atoms with Crippen molar-refractivity contribution < 1.29 is 19.1 Å². The Morgan fingerprint density at radius 2 is 1.78 bits per heavy atom. The molecule has 0 saturated carbocycles. The highest BCUT2D eigenvalue weighted by molar-refractivity contribution is 5.97. The number of rotatable bonds is 5. The Morgan fingerprint density at radius 3 is 2.39 bits per heavy atom. The van der Waals surface area contributed by atoms with Gasteiger partial charge in [-0.2, -0.15) is 0 Å². The first-order valence-corrected chi connectivity index (χ1v) is 7.19. The summed E-state index contributed by atoms with van der Waals surface area (Å²) in [6.45, 7) is 3.19. The summed E-state index contributed by atoms with van der Waals surface area (Å²) in [7, 11) is 1.53. The van der Waals surface area contributed by atoms with Crippen LogP contribution in [0, 0.1) is 6.92 Å². The molecule has 0 fully saturated rings. The number of methoxy groups -OCH3 is 1. The summed E-state index contributed by atoms with van der Waals surface area (Å²) in [5, 5.41) is 2.77. The molecule has 2 aromatic carbocycles. The van der Waals surface area contributed by atoms with Gasteiger partial charge in [0.1, 0.15) is 5.75 Å². The first-order chi connectivity index (χ1) is 11.0. The zero-order valence-corrected chi connectivity index (χ0v) is 13.3. The molecule has 23 heavy (non-hydrogen) atoms. The van der Waals surface area contributed by atoms with Crippen molar-refractivity contribution in [3.63, 3.8) is 0 Å². The summed E-state index contributed by atoms with van der Waals surface area (Å²) in [6, 6.07) is 14.3. The Morgan fingerprint density at radius 1 is 1.09 bits per heavy atom. The van der Waals surface area contributed by atoms with Gasteiger partial charge in [-0.3, -0.25) is 9.59 Å².